The summed E-state index contributed by atoms with van der Waals surface area (Å²) in [5.41, 5.74) is 1.66. The Labute approximate surface area is 173 Å². The molecule has 0 unspecified atom stereocenters. The second-order valence-electron chi connectivity index (χ2n) is 7.08. The maximum atomic E-state index is 13.0. The molecular weight excluding hydrogens is 412 g/mol. The molecule has 0 N–H and O–H groups in total. The van der Waals surface area contributed by atoms with Crippen molar-refractivity contribution in [3.05, 3.63) is 57.4 Å². The fourth-order valence-corrected chi connectivity index (χ4v) is 5.70. The number of aromatic nitrogens is 2. The molecule has 2 aromatic heterocycles. The summed E-state index contributed by atoms with van der Waals surface area (Å²) in [5.74, 6) is -0.208. The highest BCUT2D eigenvalue weighted by Crippen LogP contribution is 2.23. The van der Waals surface area contributed by atoms with Gasteiger partial charge in [0.15, 0.2) is 0 Å². The quantitative estimate of drug-likeness (QED) is 0.611. The lowest BCUT2D eigenvalue weighted by atomic mass is 10.2. The first-order valence-electron chi connectivity index (χ1n) is 9.26. The van der Waals surface area contributed by atoms with Crippen LogP contribution in [0.15, 0.2) is 49.8 Å². The molecule has 1 fully saturated rings. The first-order chi connectivity index (χ1) is 13.8. The number of hydrogen-bond acceptors (Lipinski definition) is 7. The Hall–Kier alpha value is -2.27. The number of nitrogens with zero attached hydrogens (tertiary/aromatic N) is 4. The van der Waals surface area contributed by atoms with E-state index in [0.717, 1.165) is 16.0 Å². The van der Waals surface area contributed by atoms with Gasteiger partial charge in [-0.2, -0.15) is 8.99 Å². The van der Waals surface area contributed by atoms with Crippen molar-refractivity contribution in [1.29, 1.82) is 0 Å². The molecule has 1 aliphatic heterocycles. The van der Waals surface area contributed by atoms with Crippen LogP contribution in [0.5, 0.6) is 0 Å². The Kier molecular flexibility index (Phi) is 5.43. The fraction of sp³-hybridized carbons (Fsp3) is 0.368. The maximum Gasteiger partial charge on any atom is 0.438 e. The molecule has 1 aliphatic rings. The molecular formula is C19H22N4O4S2. The monoisotopic (exact) mass is 434 g/mol. The summed E-state index contributed by atoms with van der Waals surface area (Å²) >= 11 is 1.45. The van der Waals surface area contributed by atoms with Gasteiger partial charge in [-0.15, -0.1) is 16.4 Å². The van der Waals surface area contributed by atoms with Crippen LogP contribution in [0.25, 0.3) is 10.8 Å². The van der Waals surface area contributed by atoms with Crippen molar-refractivity contribution in [3.8, 4) is 10.8 Å². The predicted octanol–water partition coefficient (Wildman–Crippen LogP) is 2.15. The van der Waals surface area contributed by atoms with Crippen molar-refractivity contribution < 1.29 is 12.8 Å². The third-order valence-corrected chi connectivity index (χ3v) is 7.86. The van der Waals surface area contributed by atoms with Gasteiger partial charge in [0.05, 0.1) is 9.77 Å². The predicted molar refractivity (Wildman–Crippen MR) is 110 cm³/mol. The highest BCUT2D eigenvalue weighted by molar-refractivity contribution is 7.89. The number of piperazine rings is 1. The molecule has 0 aliphatic carbocycles. The molecule has 29 heavy (non-hydrogen) atoms. The van der Waals surface area contributed by atoms with Gasteiger partial charge in [0.25, 0.3) is 5.89 Å². The third kappa shape index (κ3) is 4.06. The lowest BCUT2D eigenvalue weighted by molar-refractivity contribution is 0.142. The van der Waals surface area contributed by atoms with Gasteiger partial charge in [0, 0.05) is 26.2 Å². The van der Waals surface area contributed by atoms with E-state index < -0.39 is 15.8 Å². The molecule has 3 heterocycles. The van der Waals surface area contributed by atoms with Crippen LogP contribution in [0.1, 0.15) is 11.1 Å². The Morgan fingerprint density at radius 3 is 2.59 bits per heavy atom. The maximum absolute atomic E-state index is 13.0. The smallest absolute Gasteiger partial charge is 0.387 e. The molecule has 0 amide bonds. The van der Waals surface area contributed by atoms with Gasteiger partial charge in [-0.25, -0.2) is 13.2 Å². The summed E-state index contributed by atoms with van der Waals surface area (Å²) in [4.78, 5) is 15.2. The van der Waals surface area contributed by atoms with E-state index in [0.29, 0.717) is 37.0 Å². The van der Waals surface area contributed by atoms with Gasteiger partial charge < -0.3 is 4.42 Å². The summed E-state index contributed by atoms with van der Waals surface area (Å²) in [7, 11) is -3.54. The summed E-state index contributed by atoms with van der Waals surface area (Å²) < 4.78 is 34.1. The van der Waals surface area contributed by atoms with E-state index in [-0.39, 0.29) is 6.67 Å². The molecule has 3 aromatic rings. The van der Waals surface area contributed by atoms with Crippen LogP contribution in [0.3, 0.4) is 0 Å². The minimum absolute atomic E-state index is 0.269. The highest BCUT2D eigenvalue weighted by atomic mass is 32.2. The first-order valence-corrected chi connectivity index (χ1v) is 11.6. The van der Waals surface area contributed by atoms with Gasteiger partial charge in [-0.05, 0) is 42.5 Å². The van der Waals surface area contributed by atoms with Gasteiger partial charge in [0.2, 0.25) is 10.0 Å². The van der Waals surface area contributed by atoms with Gasteiger partial charge in [-0.1, -0.05) is 18.2 Å². The largest absolute Gasteiger partial charge is 0.438 e. The Morgan fingerprint density at radius 1 is 1.14 bits per heavy atom. The molecule has 0 radical (unpaired) electrons. The number of hydrogen-bond donors (Lipinski definition) is 0. The SMILES string of the molecule is Cc1ccc(C)c(S(=O)(=O)N2CCN(Cn3nc(-c4cccs4)oc3=O)CC2)c1. The number of sulfonamides is 1. The zero-order chi connectivity index (χ0) is 20.6. The van der Waals surface area contributed by atoms with Crippen LogP contribution in [-0.4, -0.2) is 53.6 Å². The van der Waals surface area contributed by atoms with Crippen LogP contribution in [-0.2, 0) is 16.7 Å². The molecule has 10 heteroatoms. The molecule has 0 atom stereocenters. The third-order valence-electron chi connectivity index (χ3n) is 4.96. The van der Waals surface area contributed by atoms with Crippen LogP contribution in [0, 0.1) is 13.8 Å². The molecule has 154 valence electrons. The fourth-order valence-electron chi connectivity index (χ4n) is 3.32. The van der Waals surface area contributed by atoms with Crippen molar-refractivity contribution >= 4 is 21.4 Å². The van der Waals surface area contributed by atoms with E-state index >= 15 is 0 Å². The second kappa shape index (κ2) is 7.86. The molecule has 0 spiro atoms. The average molecular weight is 435 g/mol. The Balaban J connectivity index is 1.44. The molecule has 8 nitrogen and oxygen atoms in total. The lowest BCUT2D eigenvalue weighted by Gasteiger charge is -2.33. The van der Waals surface area contributed by atoms with Crippen molar-refractivity contribution in [2.45, 2.75) is 25.4 Å². The van der Waals surface area contributed by atoms with E-state index in [4.69, 9.17) is 4.42 Å². The van der Waals surface area contributed by atoms with E-state index in [1.54, 1.807) is 6.07 Å². The van der Waals surface area contributed by atoms with E-state index in [1.165, 1.54) is 20.3 Å². The molecule has 1 aromatic carbocycles. The van der Waals surface area contributed by atoms with Gasteiger partial charge in [0.1, 0.15) is 6.67 Å². The van der Waals surface area contributed by atoms with E-state index in [2.05, 4.69) is 5.10 Å². The number of benzene rings is 1. The van der Waals surface area contributed by atoms with Crippen LogP contribution >= 0.6 is 11.3 Å². The summed E-state index contributed by atoms with van der Waals surface area (Å²) in [6.45, 7) is 5.71. The van der Waals surface area contributed by atoms with Crippen molar-refractivity contribution in [1.82, 2.24) is 19.0 Å². The van der Waals surface area contributed by atoms with Gasteiger partial charge >= 0.3 is 5.76 Å². The number of aryl methyl sites for hydroxylation is 2. The molecule has 0 bridgehead atoms. The number of rotatable bonds is 5. The van der Waals surface area contributed by atoms with E-state index in [9.17, 15) is 13.2 Å². The molecule has 4 rings (SSSR count). The topological polar surface area (TPSA) is 88.7 Å². The zero-order valence-electron chi connectivity index (χ0n) is 16.2. The Bertz CT molecular complexity index is 1160. The number of thiophene rings is 1. The summed E-state index contributed by atoms with van der Waals surface area (Å²) in [6, 6.07) is 9.18. The normalized spacial score (nSPS) is 16.3. The van der Waals surface area contributed by atoms with Crippen LogP contribution in [0.2, 0.25) is 0 Å². The first kappa shape index (κ1) is 20.0. The minimum atomic E-state index is -3.54. The molecule has 1 saturated heterocycles. The van der Waals surface area contributed by atoms with Crippen LogP contribution in [0.4, 0.5) is 0 Å². The zero-order valence-corrected chi connectivity index (χ0v) is 17.9. The van der Waals surface area contributed by atoms with Crippen molar-refractivity contribution in [2.75, 3.05) is 26.2 Å². The van der Waals surface area contributed by atoms with E-state index in [1.807, 2.05) is 48.4 Å². The van der Waals surface area contributed by atoms with Crippen molar-refractivity contribution in [2.24, 2.45) is 0 Å². The minimum Gasteiger partial charge on any atom is -0.387 e. The second-order valence-corrected chi connectivity index (χ2v) is 9.94. The highest BCUT2D eigenvalue weighted by Gasteiger charge is 2.30. The standard InChI is InChI=1S/C19H22N4O4S2/c1-14-5-6-15(2)17(12-14)29(25,26)22-9-7-21(8-10-22)13-23-19(24)27-18(20-23)16-4-3-11-28-16/h3-6,11-12H,7-10,13H2,1-2H3. The van der Waals surface area contributed by atoms with Crippen LogP contribution < -0.4 is 5.76 Å². The Morgan fingerprint density at radius 2 is 1.90 bits per heavy atom. The molecule has 0 saturated carbocycles. The van der Waals surface area contributed by atoms with Crippen molar-refractivity contribution in [3.63, 3.8) is 0 Å². The average Bonchev–Trinajstić information content (AvgIpc) is 3.34. The summed E-state index contributed by atoms with van der Waals surface area (Å²) in [5, 5.41) is 6.15. The lowest BCUT2D eigenvalue weighted by Crippen LogP contribution is -2.49. The van der Waals surface area contributed by atoms with Gasteiger partial charge in [-0.3, -0.25) is 4.90 Å². The summed E-state index contributed by atoms with van der Waals surface area (Å²) in [6.07, 6.45) is 0.